The van der Waals surface area contributed by atoms with E-state index in [4.69, 9.17) is 15.6 Å². The normalized spacial score (nSPS) is 12.7. The third kappa shape index (κ3) is 4.99. The highest BCUT2D eigenvalue weighted by molar-refractivity contribution is 7.13. The fourth-order valence-electron chi connectivity index (χ4n) is 1.19. The van der Waals surface area contributed by atoms with E-state index in [-0.39, 0.29) is 0 Å². The summed E-state index contributed by atoms with van der Waals surface area (Å²) in [7, 11) is 0. The molecule has 4 N–H and O–H groups in total. The van der Waals surface area contributed by atoms with Gasteiger partial charge in [0.2, 0.25) is 0 Å². The lowest BCUT2D eigenvalue weighted by atomic mass is 10.2. The molecule has 1 aromatic heterocycles. The van der Waals surface area contributed by atoms with Gasteiger partial charge in [-0.15, -0.1) is 11.3 Å². The maximum absolute atomic E-state index is 10.7. The van der Waals surface area contributed by atoms with E-state index in [1.165, 1.54) is 11.3 Å². The Morgan fingerprint density at radius 1 is 1.67 bits per heavy atom. The first kappa shape index (κ1) is 14.9. The maximum atomic E-state index is 10.7. The van der Waals surface area contributed by atoms with Crippen LogP contribution in [-0.4, -0.2) is 35.8 Å². The molecule has 0 aliphatic rings. The van der Waals surface area contributed by atoms with Gasteiger partial charge >= 0.3 is 5.97 Å². The zero-order valence-corrected chi connectivity index (χ0v) is 11.4. The van der Waals surface area contributed by atoms with Crippen molar-refractivity contribution in [1.82, 2.24) is 4.98 Å². The van der Waals surface area contributed by atoms with Crippen molar-refractivity contribution in [2.24, 2.45) is 11.7 Å². The summed E-state index contributed by atoms with van der Waals surface area (Å²) >= 11 is 1.34. The van der Waals surface area contributed by atoms with Crippen LogP contribution in [0.15, 0.2) is 5.38 Å². The van der Waals surface area contributed by atoms with Crippen LogP contribution in [0.4, 0.5) is 5.13 Å². The van der Waals surface area contributed by atoms with E-state index in [2.05, 4.69) is 24.1 Å². The van der Waals surface area contributed by atoms with Crippen LogP contribution in [-0.2, 0) is 9.53 Å². The van der Waals surface area contributed by atoms with Crippen LogP contribution >= 0.6 is 11.3 Å². The van der Waals surface area contributed by atoms with Crippen LogP contribution in [0.3, 0.4) is 0 Å². The van der Waals surface area contributed by atoms with Gasteiger partial charge in [0.05, 0.1) is 12.3 Å². The predicted molar refractivity (Wildman–Crippen MR) is 70.8 cm³/mol. The Kier molecular flexibility index (Phi) is 6.03. The molecule has 0 saturated carbocycles. The van der Waals surface area contributed by atoms with Gasteiger partial charge in [0.25, 0.3) is 0 Å². The number of thiazole rings is 1. The Morgan fingerprint density at radius 3 is 3.00 bits per heavy atom. The molecule has 1 unspecified atom stereocenters. The van der Waals surface area contributed by atoms with E-state index in [0.717, 1.165) is 6.61 Å². The molecule has 6 nitrogen and oxygen atoms in total. The number of hydrogen-bond donors (Lipinski definition) is 3. The monoisotopic (exact) mass is 273 g/mol. The van der Waals surface area contributed by atoms with Crippen LogP contribution in [0, 0.1) is 5.92 Å². The average molecular weight is 273 g/mol. The second kappa shape index (κ2) is 7.30. The van der Waals surface area contributed by atoms with Gasteiger partial charge in [0.1, 0.15) is 6.04 Å². The number of ether oxygens (including phenoxy) is 1. The molecule has 1 aromatic rings. The molecular weight excluding hydrogens is 254 g/mol. The van der Waals surface area contributed by atoms with Crippen molar-refractivity contribution in [3.63, 3.8) is 0 Å². The summed E-state index contributed by atoms with van der Waals surface area (Å²) in [6.45, 7) is 6.15. The third-order valence-corrected chi connectivity index (χ3v) is 2.90. The summed E-state index contributed by atoms with van der Waals surface area (Å²) in [5, 5.41) is 14.1. The van der Waals surface area contributed by atoms with Gasteiger partial charge < -0.3 is 20.9 Å². The molecule has 18 heavy (non-hydrogen) atoms. The highest BCUT2D eigenvalue weighted by atomic mass is 32.1. The number of hydrogen-bond acceptors (Lipinski definition) is 6. The van der Waals surface area contributed by atoms with Gasteiger partial charge in [0, 0.05) is 18.5 Å². The van der Waals surface area contributed by atoms with Gasteiger partial charge in [-0.25, -0.2) is 4.98 Å². The Hall–Kier alpha value is -1.18. The van der Waals surface area contributed by atoms with Gasteiger partial charge in [-0.3, -0.25) is 4.79 Å². The van der Waals surface area contributed by atoms with Crippen LogP contribution in [0.5, 0.6) is 0 Å². The van der Waals surface area contributed by atoms with Crippen molar-refractivity contribution >= 4 is 22.4 Å². The quantitative estimate of drug-likeness (QED) is 0.618. The molecule has 1 rings (SSSR count). The van der Waals surface area contributed by atoms with Gasteiger partial charge in [-0.05, 0) is 5.92 Å². The van der Waals surface area contributed by atoms with E-state index < -0.39 is 12.0 Å². The Bertz CT molecular complexity index is 381. The van der Waals surface area contributed by atoms with Crippen molar-refractivity contribution in [3.05, 3.63) is 11.1 Å². The molecule has 1 atom stereocenters. The predicted octanol–water partition coefficient (Wildman–Crippen LogP) is 1.31. The largest absolute Gasteiger partial charge is 0.480 e. The van der Waals surface area contributed by atoms with E-state index in [9.17, 15) is 4.79 Å². The van der Waals surface area contributed by atoms with Gasteiger partial charge in [0.15, 0.2) is 5.13 Å². The zero-order valence-electron chi connectivity index (χ0n) is 10.5. The summed E-state index contributed by atoms with van der Waals surface area (Å²) in [4.78, 5) is 14.8. The lowest BCUT2D eigenvalue weighted by Crippen LogP contribution is -2.21. The minimum Gasteiger partial charge on any atom is -0.480 e. The molecule has 0 radical (unpaired) electrons. The van der Waals surface area contributed by atoms with Crippen molar-refractivity contribution in [2.75, 3.05) is 25.1 Å². The van der Waals surface area contributed by atoms with Crippen LogP contribution in [0.25, 0.3) is 0 Å². The number of nitrogens with zero attached hydrogens (tertiary/aromatic N) is 1. The highest BCUT2D eigenvalue weighted by Crippen LogP contribution is 2.19. The number of nitrogens with two attached hydrogens (primary N) is 1. The molecular formula is C11H19N3O3S. The molecule has 0 aromatic carbocycles. The van der Waals surface area contributed by atoms with Crippen LogP contribution in [0.1, 0.15) is 25.6 Å². The topological polar surface area (TPSA) is 97.5 Å². The minimum atomic E-state index is -1.08. The molecule has 7 heteroatoms. The summed E-state index contributed by atoms with van der Waals surface area (Å²) in [6.07, 6.45) is 0. The molecule has 102 valence electrons. The van der Waals surface area contributed by atoms with E-state index >= 15 is 0 Å². The second-order valence-electron chi connectivity index (χ2n) is 4.29. The Labute approximate surface area is 110 Å². The van der Waals surface area contributed by atoms with Crippen molar-refractivity contribution in [1.29, 1.82) is 0 Å². The van der Waals surface area contributed by atoms with Crippen molar-refractivity contribution in [2.45, 2.75) is 19.9 Å². The van der Waals surface area contributed by atoms with Crippen molar-refractivity contribution < 1.29 is 14.6 Å². The fourth-order valence-corrected chi connectivity index (χ4v) is 1.96. The number of aromatic nitrogens is 1. The summed E-state index contributed by atoms with van der Waals surface area (Å²) in [5.74, 6) is -0.558. The molecule has 0 spiro atoms. The molecule has 0 aliphatic carbocycles. The lowest BCUT2D eigenvalue weighted by molar-refractivity contribution is -0.138. The Morgan fingerprint density at radius 2 is 2.39 bits per heavy atom. The number of carboxylic acids is 1. The minimum absolute atomic E-state index is 0.373. The number of carbonyl (C=O) groups is 1. The number of rotatable bonds is 8. The summed E-state index contributed by atoms with van der Waals surface area (Å²) < 4.78 is 5.40. The SMILES string of the molecule is CC(C)COCCNc1nc(C(N)C(=O)O)cs1. The smallest absolute Gasteiger partial charge is 0.326 e. The van der Waals surface area contributed by atoms with E-state index in [1.807, 2.05) is 0 Å². The summed E-state index contributed by atoms with van der Waals surface area (Å²) in [5.41, 5.74) is 5.83. The van der Waals surface area contributed by atoms with E-state index in [0.29, 0.717) is 29.9 Å². The molecule has 0 aliphatic heterocycles. The first-order valence-electron chi connectivity index (χ1n) is 5.76. The van der Waals surface area contributed by atoms with Crippen LogP contribution in [0.2, 0.25) is 0 Å². The van der Waals surface area contributed by atoms with Gasteiger partial charge in [-0.2, -0.15) is 0 Å². The zero-order chi connectivity index (χ0) is 13.5. The first-order chi connectivity index (χ1) is 8.50. The van der Waals surface area contributed by atoms with Crippen molar-refractivity contribution in [3.8, 4) is 0 Å². The fraction of sp³-hybridized carbons (Fsp3) is 0.636. The molecule has 0 saturated heterocycles. The van der Waals surface area contributed by atoms with E-state index in [1.54, 1.807) is 5.38 Å². The number of carboxylic acid groups (broad SMARTS) is 1. The average Bonchev–Trinajstić information content (AvgIpc) is 2.75. The lowest BCUT2D eigenvalue weighted by Gasteiger charge is -2.07. The maximum Gasteiger partial charge on any atom is 0.326 e. The van der Waals surface area contributed by atoms with Gasteiger partial charge in [-0.1, -0.05) is 13.8 Å². The molecule has 1 heterocycles. The number of nitrogens with one attached hydrogen (secondary N) is 1. The molecule has 0 amide bonds. The third-order valence-electron chi connectivity index (χ3n) is 2.08. The second-order valence-corrected chi connectivity index (χ2v) is 5.15. The summed E-state index contributed by atoms with van der Waals surface area (Å²) in [6, 6.07) is -1.06. The Balaban J connectivity index is 2.29. The highest BCUT2D eigenvalue weighted by Gasteiger charge is 2.17. The number of aliphatic carboxylic acids is 1. The first-order valence-corrected chi connectivity index (χ1v) is 6.64. The molecule has 0 bridgehead atoms. The standard InChI is InChI=1S/C11H19N3O3S/c1-7(2)5-17-4-3-13-11-14-8(6-18-11)9(12)10(15)16/h6-7,9H,3-5,12H2,1-2H3,(H,13,14)(H,15,16). The van der Waals surface area contributed by atoms with Crippen LogP contribution < -0.4 is 11.1 Å². The number of anilines is 1. The molecule has 0 fully saturated rings.